The molecular formula is C17H21BINO8. The van der Waals surface area contributed by atoms with Crippen molar-refractivity contribution in [2.45, 2.75) is 45.3 Å². The van der Waals surface area contributed by atoms with E-state index in [2.05, 4.69) is 10.1 Å². The molecule has 1 aliphatic heterocycles. The van der Waals surface area contributed by atoms with Crippen molar-refractivity contribution < 1.29 is 38.3 Å². The molecule has 0 aliphatic carbocycles. The number of halogens is 1. The van der Waals surface area contributed by atoms with Crippen LogP contribution in [0.3, 0.4) is 0 Å². The third-order valence-electron chi connectivity index (χ3n) is 3.87. The van der Waals surface area contributed by atoms with Crippen LogP contribution in [-0.2, 0) is 25.4 Å². The van der Waals surface area contributed by atoms with E-state index in [9.17, 15) is 19.4 Å². The first kappa shape index (κ1) is 22.3. The Morgan fingerprint density at radius 1 is 1.39 bits per heavy atom. The average molecular weight is 505 g/mol. The van der Waals surface area contributed by atoms with E-state index in [0.29, 0.717) is 24.8 Å². The van der Waals surface area contributed by atoms with Gasteiger partial charge in [-0.1, -0.05) is 19.1 Å². The van der Waals surface area contributed by atoms with Gasteiger partial charge in [-0.3, -0.25) is 4.79 Å². The van der Waals surface area contributed by atoms with Crippen molar-refractivity contribution in [1.82, 2.24) is 5.32 Å². The van der Waals surface area contributed by atoms with Gasteiger partial charge in [-0.05, 0) is 47.1 Å². The van der Waals surface area contributed by atoms with Gasteiger partial charge in [-0.25, -0.2) is 9.59 Å². The Morgan fingerprint density at radius 2 is 2.14 bits per heavy atom. The molecule has 1 heterocycles. The van der Waals surface area contributed by atoms with Crippen LogP contribution >= 0.6 is 22.6 Å². The second kappa shape index (κ2) is 10.5. The van der Waals surface area contributed by atoms with Gasteiger partial charge in [0.05, 0.1) is 5.94 Å². The van der Waals surface area contributed by atoms with Gasteiger partial charge in [-0.15, -0.1) is 0 Å². The number of fused-ring (bicyclic) bond motifs is 1. The Kier molecular flexibility index (Phi) is 8.36. The summed E-state index contributed by atoms with van der Waals surface area (Å²) in [5, 5.41) is 12.9. The fourth-order valence-electron chi connectivity index (χ4n) is 2.67. The van der Waals surface area contributed by atoms with E-state index in [-0.39, 0.29) is 21.8 Å². The lowest BCUT2D eigenvalue weighted by atomic mass is 9.72. The molecule has 0 radical (unpaired) electrons. The Labute approximate surface area is 176 Å². The van der Waals surface area contributed by atoms with Crippen LogP contribution in [0, 0.1) is 0 Å². The average Bonchev–Trinajstić information content (AvgIpc) is 2.62. The van der Waals surface area contributed by atoms with E-state index >= 15 is 0 Å². The molecule has 1 aromatic carbocycles. The summed E-state index contributed by atoms with van der Waals surface area (Å²) in [6.45, 7) is 3.25. The zero-order chi connectivity index (χ0) is 20.7. The first-order valence-electron chi connectivity index (χ1n) is 8.72. The molecule has 2 atom stereocenters. The second-order valence-corrected chi connectivity index (χ2v) is 6.65. The number of rotatable bonds is 7. The molecule has 0 aromatic heterocycles. The summed E-state index contributed by atoms with van der Waals surface area (Å²) in [6, 6.07) is 4.84. The zero-order valence-corrected chi connectivity index (χ0v) is 17.6. The van der Waals surface area contributed by atoms with Crippen LogP contribution in [0.2, 0.25) is 0 Å². The van der Waals surface area contributed by atoms with Gasteiger partial charge >= 0.3 is 19.2 Å². The number of alkyl halides is 1. The van der Waals surface area contributed by atoms with Crippen molar-refractivity contribution in [1.29, 1.82) is 0 Å². The smallest absolute Gasteiger partial charge is 0.534 e. The van der Waals surface area contributed by atoms with Gasteiger partial charge in [0.1, 0.15) is 15.9 Å². The van der Waals surface area contributed by atoms with Crippen molar-refractivity contribution in [2.24, 2.45) is 0 Å². The van der Waals surface area contributed by atoms with Crippen LogP contribution in [0.5, 0.6) is 5.75 Å². The van der Waals surface area contributed by atoms with Crippen molar-refractivity contribution in [3.8, 4) is 5.75 Å². The summed E-state index contributed by atoms with van der Waals surface area (Å²) in [4.78, 5) is 35.5. The number of carbonyl (C=O) groups is 3. The van der Waals surface area contributed by atoms with Crippen LogP contribution < -0.4 is 9.97 Å². The summed E-state index contributed by atoms with van der Waals surface area (Å²) >= 11 is 1.83. The van der Waals surface area contributed by atoms with E-state index in [0.717, 1.165) is 0 Å². The quantitative estimate of drug-likeness (QED) is 0.190. The van der Waals surface area contributed by atoms with Crippen LogP contribution in [-0.4, -0.2) is 47.0 Å². The molecule has 1 aliphatic rings. The minimum Gasteiger partial charge on any atom is -0.534 e. The van der Waals surface area contributed by atoms with Gasteiger partial charge < -0.3 is 29.2 Å². The van der Waals surface area contributed by atoms with Crippen molar-refractivity contribution in [3.63, 3.8) is 0 Å². The molecule has 9 nitrogen and oxygen atoms in total. The number of ether oxygens (including phenoxy) is 3. The van der Waals surface area contributed by atoms with E-state index in [1.54, 1.807) is 12.1 Å². The molecule has 28 heavy (non-hydrogen) atoms. The first-order valence-corrected chi connectivity index (χ1v) is 10.2. The summed E-state index contributed by atoms with van der Waals surface area (Å²) in [5.41, 5.74) is 0.715. The highest BCUT2D eigenvalue weighted by Crippen LogP contribution is 2.31. The SMILES string of the molecule is CCCC(=O)N[C@H]1Cc2cccc(C(=O)OC(C)OC(=O)OCI)c2OB1O. The highest BCUT2D eigenvalue weighted by Gasteiger charge is 2.38. The minimum absolute atomic E-state index is 0.0765. The van der Waals surface area contributed by atoms with E-state index < -0.39 is 31.5 Å². The molecule has 0 saturated heterocycles. The summed E-state index contributed by atoms with van der Waals surface area (Å²) in [7, 11) is -1.31. The van der Waals surface area contributed by atoms with Crippen molar-refractivity contribution in [3.05, 3.63) is 29.3 Å². The molecule has 0 fully saturated rings. The lowest BCUT2D eigenvalue weighted by Gasteiger charge is -2.29. The molecule has 1 unspecified atom stereocenters. The number of amides is 1. The lowest BCUT2D eigenvalue weighted by Crippen LogP contribution is -2.53. The maximum Gasteiger partial charge on any atom is 0.547 e. The van der Waals surface area contributed by atoms with Gasteiger partial charge in [0.25, 0.3) is 0 Å². The summed E-state index contributed by atoms with van der Waals surface area (Å²) in [5.74, 6) is -1.42. The summed E-state index contributed by atoms with van der Waals surface area (Å²) < 4.78 is 20.1. The van der Waals surface area contributed by atoms with Gasteiger partial charge in [0.15, 0.2) is 0 Å². The molecule has 11 heteroatoms. The topological polar surface area (TPSA) is 120 Å². The number of esters is 1. The highest BCUT2D eigenvalue weighted by molar-refractivity contribution is 14.1. The molecule has 1 amide bonds. The van der Waals surface area contributed by atoms with E-state index in [4.69, 9.17) is 14.1 Å². The van der Waals surface area contributed by atoms with Crippen LogP contribution in [0.25, 0.3) is 0 Å². The molecule has 0 saturated carbocycles. The minimum atomic E-state index is -1.31. The number of hydrogen-bond donors (Lipinski definition) is 2. The predicted molar refractivity (Wildman–Crippen MR) is 107 cm³/mol. The Hall–Kier alpha value is -2.02. The molecule has 0 bridgehead atoms. The van der Waals surface area contributed by atoms with Crippen LogP contribution in [0.15, 0.2) is 18.2 Å². The standard InChI is InChI=1S/C17H21BINO8/c1-3-5-14(21)20-13-8-11-6-4-7-12(15(11)28-18(13)24)16(22)26-10(2)27-17(23)25-9-19/h4,6-7,10,13,24H,3,5,8-9H2,1-2H3,(H,20,21)/t10?,13-/m0/s1. The second-order valence-electron chi connectivity index (χ2n) is 6.02. The van der Waals surface area contributed by atoms with Crippen LogP contribution in [0.1, 0.15) is 42.6 Å². The molecule has 2 rings (SSSR count). The molecule has 0 spiro atoms. The molecule has 152 valence electrons. The number of benzene rings is 1. The fourth-order valence-corrected chi connectivity index (χ4v) is 2.92. The lowest BCUT2D eigenvalue weighted by molar-refractivity contribution is -0.121. The monoisotopic (exact) mass is 505 g/mol. The van der Waals surface area contributed by atoms with Gasteiger partial charge in [0, 0.05) is 13.3 Å². The number of nitrogens with one attached hydrogen (secondary N) is 1. The van der Waals surface area contributed by atoms with E-state index in [1.807, 2.05) is 29.5 Å². The summed E-state index contributed by atoms with van der Waals surface area (Å²) in [6.07, 6.45) is -0.801. The van der Waals surface area contributed by atoms with Crippen molar-refractivity contribution in [2.75, 3.05) is 4.61 Å². The molecular weight excluding hydrogens is 484 g/mol. The third-order valence-corrected chi connectivity index (χ3v) is 4.18. The first-order chi connectivity index (χ1) is 13.3. The molecule has 1 aromatic rings. The number of hydrogen-bond acceptors (Lipinski definition) is 8. The number of carbonyl (C=O) groups excluding carboxylic acids is 3. The largest absolute Gasteiger partial charge is 0.547 e. The van der Waals surface area contributed by atoms with Crippen molar-refractivity contribution >= 4 is 47.7 Å². The van der Waals surface area contributed by atoms with E-state index in [1.165, 1.54) is 13.0 Å². The maximum absolute atomic E-state index is 12.4. The maximum atomic E-state index is 12.4. The van der Waals surface area contributed by atoms with Gasteiger partial charge in [0.2, 0.25) is 12.2 Å². The Bertz CT molecular complexity index is 731. The van der Waals surface area contributed by atoms with Crippen LogP contribution in [0.4, 0.5) is 4.79 Å². The Balaban J connectivity index is 2.08. The normalized spacial score (nSPS) is 16.3. The number of para-hydroxylation sites is 1. The van der Waals surface area contributed by atoms with Gasteiger partial charge in [-0.2, -0.15) is 0 Å². The Morgan fingerprint density at radius 3 is 2.82 bits per heavy atom. The highest BCUT2D eigenvalue weighted by atomic mass is 127. The predicted octanol–water partition coefficient (Wildman–Crippen LogP) is 1.97. The fraction of sp³-hybridized carbons (Fsp3) is 0.471. The third kappa shape index (κ3) is 5.99. The molecule has 2 N–H and O–H groups in total. The zero-order valence-electron chi connectivity index (χ0n) is 15.5.